The smallest absolute Gasteiger partial charge is 0.223 e. The Morgan fingerprint density at radius 3 is 2.88 bits per heavy atom. The molecule has 8 nitrogen and oxygen atoms in total. The quantitative estimate of drug-likeness (QED) is 0.760. The number of piperidine rings is 2. The maximum absolute atomic E-state index is 12.3. The Balaban J connectivity index is 1.71. The lowest BCUT2D eigenvalue weighted by atomic mass is 9.73. The Morgan fingerprint density at radius 2 is 2.12 bits per heavy atom. The molecule has 1 spiro atoms. The van der Waals surface area contributed by atoms with Gasteiger partial charge in [0.2, 0.25) is 11.9 Å². The topological polar surface area (TPSA) is 111 Å². The molecule has 138 valence electrons. The van der Waals surface area contributed by atoms with Crippen molar-refractivity contribution in [2.24, 2.45) is 5.41 Å². The molecule has 0 radical (unpaired) electrons. The first-order chi connectivity index (χ1) is 12.0. The number of nitrogen functional groups attached to an aromatic ring is 2. The normalized spacial score (nSPS) is 24.1. The van der Waals surface area contributed by atoms with Crippen LogP contribution in [0, 0.1) is 5.41 Å². The van der Waals surface area contributed by atoms with Gasteiger partial charge in [-0.2, -0.15) is 9.97 Å². The number of nitrogens with two attached hydrogens (primary N) is 2. The van der Waals surface area contributed by atoms with E-state index in [4.69, 9.17) is 16.2 Å². The van der Waals surface area contributed by atoms with E-state index in [1.54, 1.807) is 13.2 Å². The van der Waals surface area contributed by atoms with Crippen LogP contribution in [0.1, 0.15) is 32.1 Å². The van der Waals surface area contributed by atoms with E-state index in [0.717, 1.165) is 57.7 Å². The summed E-state index contributed by atoms with van der Waals surface area (Å²) in [5.41, 5.74) is 11.7. The van der Waals surface area contributed by atoms with Crippen molar-refractivity contribution in [3.8, 4) is 0 Å². The van der Waals surface area contributed by atoms with Crippen molar-refractivity contribution in [1.82, 2.24) is 14.9 Å². The minimum absolute atomic E-state index is 0.119. The number of aromatic nitrogens is 2. The van der Waals surface area contributed by atoms with E-state index in [2.05, 4.69) is 14.9 Å². The van der Waals surface area contributed by atoms with Crippen LogP contribution in [0.4, 0.5) is 17.6 Å². The van der Waals surface area contributed by atoms with Gasteiger partial charge >= 0.3 is 0 Å². The SMILES string of the molecule is COCCCN1CC2(CCCN(c3cc(N)nc(N)n3)C2)CCC1=O. The number of hydrogen-bond acceptors (Lipinski definition) is 7. The van der Waals surface area contributed by atoms with E-state index in [1.807, 2.05) is 4.90 Å². The average molecular weight is 348 g/mol. The van der Waals surface area contributed by atoms with Gasteiger partial charge in [-0.3, -0.25) is 4.79 Å². The Labute approximate surface area is 148 Å². The molecule has 2 aliphatic rings. The van der Waals surface area contributed by atoms with Crippen LogP contribution in [0.2, 0.25) is 0 Å². The van der Waals surface area contributed by atoms with Crippen molar-refractivity contribution in [3.05, 3.63) is 6.07 Å². The summed E-state index contributed by atoms with van der Waals surface area (Å²) in [6, 6.07) is 1.78. The number of amides is 1. The summed E-state index contributed by atoms with van der Waals surface area (Å²) in [7, 11) is 1.69. The highest BCUT2D eigenvalue weighted by Gasteiger charge is 2.41. The molecule has 3 rings (SSSR count). The zero-order chi connectivity index (χ0) is 17.9. The second kappa shape index (κ2) is 7.43. The summed E-state index contributed by atoms with van der Waals surface area (Å²) < 4.78 is 5.12. The summed E-state index contributed by atoms with van der Waals surface area (Å²) in [6.07, 6.45) is 4.63. The number of nitrogens with zero attached hydrogens (tertiary/aromatic N) is 4. The van der Waals surface area contributed by atoms with Gasteiger partial charge in [0.05, 0.1) is 0 Å². The number of methoxy groups -OCH3 is 1. The lowest BCUT2D eigenvalue weighted by molar-refractivity contribution is -0.138. The Kier molecular flexibility index (Phi) is 5.27. The van der Waals surface area contributed by atoms with Crippen molar-refractivity contribution in [2.45, 2.75) is 32.1 Å². The van der Waals surface area contributed by atoms with Crippen molar-refractivity contribution in [1.29, 1.82) is 0 Å². The van der Waals surface area contributed by atoms with Gasteiger partial charge in [0.1, 0.15) is 11.6 Å². The molecule has 1 atom stereocenters. The minimum atomic E-state index is 0.119. The first-order valence-corrected chi connectivity index (χ1v) is 8.93. The van der Waals surface area contributed by atoms with Crippen LogP contribution in [-0.4, -0.2) is 60.7 Å². The highest BCUT2D eigenvalue weighted by Crippen LogP contribution is 2.40. The summed E-state index contributed by atoms with van der Waals surface area (Å²) in [5, 5.41) is 0. The van der Waals surface area contributed by atoms with Gasteiger partial charge < -0.3 is 26.0 Å². The number of anilines is 3. The molecule has 0 bridgehead atoms. The second-order valence-corrected chi connectivity index (χ2v) is 7.20. The zero-order valence-corrected chi connectivity index (χ0v) is 14.9. The highest BCUT2D eigenvalue weighted by molar-refractivity contribution is 5.77. The third kappa shape index (κ3) is 4.12. The van der Waals surface area contributed by atoms with E-state index < -0.39 is 0 Å². The van der Waals surface area contributed by atoms with Gasteiger partial charge in [0.25, 0.3) is 0 Å². The van der Waals surface area contributed by atoms with Crippen molar-refractivity contribution < 1.29 is 9.53 Å². The Bertz CT molecular complexity index is 605. The van der Waals surface area contributed by atoms with E-state index in [1.165, 1.54) is 0 Å². The molecular weight excluding hydrogens is 320 g/mol. The number of ether oxygens (including phenoxy) is 1. The summed E-state index contributed by atoms with van der Waals surface area (Å²) in [4.78, 5) is 24.8. The molecular formula is C17H28N6O2. The van der Waals surface area contributed by atoms with Gasteiger partial charge in [0, 0.05) is 57.8 Å². The fourth-order valence-corrected chi connectivity index (χ4v) is 4.08. The zero-order valence-electron chi connectivity index (χ0n) is 14.9. The minimum Gasteiger partial charge on any atom is -0.385 e. The Morgan fingerprint density at radius 1 is 1.28 bits per heavy atom. The third-order valence-corrected chi connectivity index (χ3v) is 5.26. The summed E-state index contributed by atoms with van der Waals surface area (Å²) in [6.45, 7) is 4.05. The van der Waals surface area contributed by atoms with Gasteiger partial charge in [-0.15, -0.1) is 0 Å². The van der Waals surface area contributed by atoms with Gasteiger partial charge in [0.15, 0.2) is 0 Å². The van der Waals surface area contributed by atoms with Crippen LogP contribution in [0.5, 0.6) is 0 Å². The van der Waals surface area contributed by atoms with Crippen molar-refractivity contribution in [3.63, 3.8) is 0 Å². The molecule has 1 unspecified atom stereocenters. The highest BCUT2D eigenvalue weighted by atomic mass is 16.5. The van der Waals surface area contributed by atoms with Crippen LogP contribution in [0.15, 0.2) is 6.07 Å². The number of carbonyl (C=O) groups is 1. The molecule has 1 aromatic heterocycles. The first kappa shape index (κ1) is 17.7. The summed E-state index contributed by atoms with van der Waals surface area (Å²) >= 11 is 0. The number of carbonyl (C=O) groups excluding carboxylic acids is 1. The van der Waals surface area contributed by atoms with Gasteiger partial charge in [-0.1, -0.05) is 0 Å². The van der Waals surface area contributed by atoms with Gasteiger partial charge in [-0.25, -0.2) is 0 Å². The van der Waals surface area contributed by atoms with Crippen LogP contribution in [0.3, 0.4) is 0 Å². The van der Waals surface area contributed by atoms with Crippen LogP contribution in [0.25, 0.3) is 0 Å². The predicted molar refractivity (Wildman–Crippen MR) is 97.0 cm³/mol. The van der Waals surface area contributed by atoms with E-state index in [-0.39, 0.29) is 17.3 Å². The maximum atomic E-state index is 12.3. The van der Waals surface area contributed by atoms with E-state index in [0.29, 0.717) is 18.8 Å². The first-order valence-electron chi connectivity index (χ1n) is 8.93. The molecule has 2 fully saturated rings. The van der Waals surface area contributed by atoms with E-state index in [9.17, 15) is 4.79 Å². The standard InChI is InChI=1S/C17H28N6O2/c1-25-9-3-8-23-12-17(6-4-15(23)24)5-2-7-22(11-17)14-10-13(18)20-16(19)21-14/h10H,2-9,11-12H2,1H3,(H4,18,19,20,21). The monoisotopic (exact) mass is 348 g/mol. The molecule has 2 aliphatic heterocycles. The predicted octanol–water partition coefficient (Wildman–Crippen LogP) is 0.887. The number of likely N-dealkylation sites (tertiary alicyclic amines) is 1. The van der Waals surface area contributed by atoms with Crippen LogP contribution < -0.4 is 16.4 Å². The largest absolute Gasteiger partial charge is 0.385 e. The fourth-order valence-electron chi connectivity index (χ4n) is 4.08. The van der Waals surface area contributed by atoms with Crippen LogP contribution >= 0.6 is 0 Å². The van der Waals surface area contributed by atoms with Crippen molar-refractivity contribution in [2.75, 3.05) is 56.3 Å². The number of hydrogen-bond donors (Lipinski definition) is 2. The van der Waals surface area contributed by atoms with Crippen molar-refractivity contribution >= 4 is 23.5 Å². The molecule has 0 aliphatic carbocycles. The molecule has 0 saturated carbocycles. The summed E-state index contributed by atoms with van der Waals surface area (Å²) in [5.74, 6) is 1.64. The molecule has 2 saturated heterocycles. The molecule has 1 aromatic rings. The fraction of sp³-hybridized carbons (Fsp3) is 0.706. The lowest BCUT2D eigenvalue weighted by Gasteiger charge is -2.48. The Hall–Kier alpha value is -2.09. The molecule has 3 heterocycles. The third-order valence-electron chi connectivity index (χ3n) is 5.26. The lowest BCUT2D eigenvalue weighted by Crippen LogP contribution is -2.54. The molecule has 8 heteroatoms. The maximum Gasteiger partial charge on any atom is 0.223 e. The van der Waals surface area contributed by atoms with Crippen LogP contribution in [-0.2, 0) is 9.53 Å². The van der Waals surface area contributed by atoms with Gasteiger partial charge in [-0.05, 0) is 25.7 Å². The average Bonchev–Trinajstić information content (AvgIpc) is 2.58. The molecule has 1 amide bonds. The molecule has 4 N–H and O–H groups in total. The molecule has 25 heavy (non-hydrogen) atoms. The molecule has 0 aromatic carbocycles. The number of rotatable bonds is 5. The second-order valence-electron chi connectivity index (χ2n) is 7.20. The van der Waals surface area contributed by atoms with E-state index >= 15 is 0 Å².